The van der Waals surface area contributed by atoms with Crippen LogP contribution in [-0.4, -0.2) is 37.6 Å². The molecule has 2 aromatic carbocycles. The number of imidazole rings is 1. The fraction of sp³-hybridized carbons (Fsp3) is 0.321. The highest BCUT2D eigenvalue weighted by molar-refractivity contribution is 6.30. The van der Waals surface area contributed by atoms with Gasteiger partial charge < -0.3 is 15.2 Å². The maximum atomic E-state index is 12.7. The number of benzene rings is 2. The average Bonchev–Trinajstić information content (AvgIpc) is 3.52. The lowest BCUT2D eigenvalue weighted by Crippen LogP contribution is -2.29. The molecule has 2 heterocycles. The predicted octanol–water partition coefficient (Wildman–Crippen LogP) is 6.32. The Morgan fingerprint density at radius 1 is 1.22 bits per heavy atom. The molecule has 36 heavy (non-hydrogen) atoms. The Balaban J connectivity index is 1.54. The Morgan fingerprint density at radius 3 is 2.72 bits per heavy atom. The number of ether oxygens (including phenoxy) is 1. The van der Waals surface area contributed by atoms with Crippen molar-refractivity contribution in [1.29, 1.82) is 0 Å². The van der Waals surface area contributed by atoms with E-state index in [0.717, 1.165) is 35.2 Å². The molecule has 0 spiro atoms. The monoisotopic (exact) mass is 504 g/mol. The average molecular weight is 505 g/mol. The van der Waals surface area contributed by atoms with E-state index in [4.69, 9.17) is 21.4 Å². The molecule has 1 fully saturated rings. The molecule has 1 aliphatic rings. The van der Waals surface area contributed by atoms with Crippen molar-refractivity contribution in [1.82, 2.24) is 14.6 Å². The van der Waals surface area contributed by atoms with Crippen LogP contribution in [0.5, 0.6) is 11.6 Å². The van der Waals surface area contributed by atoms with Crippen LogP contribution in [0.2, 0.25) is 5.02 Å². The van der Waals surface area contributed by atoms with Crippen LogP contribution in [0.1, 0.15) is 49.0 Å². The molecule has 2 N–H and O–H groups in total. The van der Waals surface area contributed by atoms with Crippen LogP contribution in [0.15, 0.2) is 54.7 Å². The second kappa shape index (κ2) is 9.56. The third kappa shape index (κ3) is 5.53. The second-order valence-electron chi connectivity index (χ2n) is 10.1. The third-order valence-corrected chi connectivity index (χ3v) is 6.40. The first-order valence-electron chi connectivity index (χ1n) is 12.1. The Bertz CT molecular complexity index is 1440. The fourth-order valence-corrected chi connectivity index (χ4v) is 4.30. The molecule has 0 unspecified atom stereocenters. The molecule has 0 saturated heterocycles. The highest BCUT2D eigenvalue weighted by atomic mass is 35.5. The lowest BCUT2D eigenvalue weighted by molar-refractivity contribution is 0.0943. The zero-order chi connectivity index (χ0) is 25.4. The van der Waals surface area contributed by atoms with Gasteiger partial charge in [-0.3, -0.25) is 4.79 Å². The maximum absolute atomic E-state index is 12.7. The van der Waals surface area contributed by atoms with E-state index >= 15 is 0 Å². The van der Waals surface area contributed by atoms with Gasteiger partial charge in [0.2, 0.25) is 5.88 Å². The summed E-state index contributed by atoms with van der Waals surface area (Å²) < 4.78 is 7.74. The molecule has 0 radical (unpaired) electrons. The van der Waals surface area contributed by atoms with Crippen LogP contribution in [0.4, 0.5) is 5.69 Å². The van der Waals surface area contributed by atoms with E-state index < -0.39 is 5.60 Å². The van der Waals surface area contributed by atoms with Crippen LogP contribution in [0, 0.1) is 12.8 Å². The van der Waals surface area contributed by atoms with Crippen molar-refractivity contribution in [2.75, 3.05) is 11.9 Å². The second-order valence-corrected chi connectivity index (χ2v) is 10.5. The summed E-state index contributed by atoms with van der Waals surface area (Å²) in [5, 5.41) is 18.8. The number of carbonyl (C=O) groups excluding carboxylic acids is 1. The summed E-state index contributed by atoms with van der Waals surface area (Å²) in [5.74, 6) is 1.65. The minimum Gasteiger partial charge on any atom is -0.437 e. The van der Waals surface area contributed by atoms with Gasteiger partial charge in [0.05, 0.1) is 23.2 Å². The van der Waals surface area contributed by atoms with Gasteiger partial charge in [0.25, 0.3) is 0 Å². The van der Waals surface area contributed by atoms with Crippen molar-refractivity contribution in [3.8, 4) is 22.9 Å². The van der Waals surface area contributed by atoms with Crippen LogP contribution >= 0.6 is 11.6 Å². The molecule has 1 saturated carbocycles. The summed E-state index contributed by atoms with van der Waals surface area (Å²) in [6.45, 7) is 5.73. The zero-order valence-electron chi connectivity index (χ0n) is 20.6. The maximum Gasteiger partial charge on any atom is 0.239 e. The first-order valence-corrected chi connectivity index (χ1v) is 12.5. The number of hydrogen-bond acceptors (Lipinski definition) is 6. The van der Waals surface area contributed by atoms with Crippen molar-refractivity contribution in [2.24, 2.45) is 5.92 Å². The smallest absolute Gasteiger partial charge is 0.239 e. The molecule has 0 bridgehead atoms. The molecular weight excluding hydrogens is 476 g/mol. The number of aromatic nitrogens is 3. The number of nitrogens with zero attached hydrogens (tertiary/aromatic N) is 3. The van der Waals surface area contributed by atoms with Gasteiger partial charge in [0.15, 0.2) is 11.4 Å². The van der Waals surface area contributed by atoms with Crippen LogP contribution in [0.25, 0.3) is 16.9 Å². The molecule has 2 aromatic heterocycles. The molecule has 8 heteroatoms. The van der Waals surface area contributed by atoms with Gasteiger partial charge in [-0.15, -0.1) is 5.10 Å². The molecular formula is C28H29ClN4O3. The van der Waals surface area contributed by atoms with Gasteiger partial charge in [0, 0.05) is 35.2 Å². The van der Waals surface area contributed by atoms with Gasteiger partial charge >= 0.3 is 0 Å². The Labute approximate surface area is 215 Å². The number of Topliss-reactive ketones (excluding diaryl/α,β-unsaturated/α-hetero) is 1. The van der Waals surface area contributed by atoms with Gasteiger partial charge in [-0.1, -0.05) is 29.8 Å². The van der Waals surface area contributed by atoms with Gasteiger partial charge in [0.1, 0.15) is 5.75 Å². The zero-order valence-corrected chi connectivity index (χ0v) is 21.3. The quantitative estimate of drug-likeness (QED) is 0.259. The van der Waals surface area contributed by atoms with Crippen LogP contribution < -0.4 is 10.1 Å². The first kappa shape index (κ1) is 24.3. The Kier molecular flexibility index (Phi) is 6.45. The Morgan fingerprint density at radius 2 is 2.03 bits per heavy atom. The molecule has 4 aromatic rings. The number of aliphatic hydroxyl groups is 1. The summed E-state index contributed by atoms with van der Waals surface area (Å²) in [4.78, 5) is 17.3. The van der Waals surface area contributed by atoms with E-state index in [0.29, 0.717) is 46.9 Å². The molecule has 0 aliphatic heterocycles. The predicted molar refractivity (Wildman–Crippen MR) is 141 cm³/mol. The number of fused-ring (bicyclic) bond motifs is 1. The van der Waals surface area contributed by atoms with Crippen molar-refractivity contribution >= 4 is 28.7 Å². The summed E-state index contributed by atoms with van der Waals surface area (Å²) >= 11 is 6.13. The van der Waals surface area contributed by atoms with E-state index in [9.17, 15) is 9.90 Å². The van der Waals surface area contributed by atoms with Crippen molar-refractivity contribution in [2.45, 2.75) is 45.6 Å². The van der Waals surface area contributed by atoms with E-state index in [1.165, 1.54) is 0 Å². The largest absolute Gasteiger partial charge is 0.437 e. The lowest BCUT2D eigenvalue weighted by Gasteiger charge is -2.19. The number of nitrogens with one attached hydrogen (secondary N) is 1. The molecule has 0 atom stereocenters. The van der Waals surface area contributed by atoms with E-state index in [1.54, 1.807) is 54.9 Å². The van der Waals surface area contributed by atoms with Crippen molar-refractivity contribution < 1.29 is 14.6 Å². The number of halogens is 1. The summed E-state index contributed by atoms with van der Waals surface area (Å²) in [6.07, 6.45) is 4.68. The third-order valence-electron chi connectivity index (χ3n) is 6.17. The number of anilines is 1. The number of aryl methyl sites for hydroxylation is 1. The van der Waals surface area contributed by atoms with E-state index in [-0.39, 0.29) is 5.78 Å². The molecule has 186 valence electrons. The minimum absolute atomic E-state index is 0.202. The highest BCUT2D eigenvalue weighted by Gasteiger charge is 2.26. The van der Waals surface area contributed by atoms with Gasteiger partial charge in [-0.25, -0.2) is 9.50 Å². The van der Waals surface area contributed by atoms with Crippen LogP contribution in [-0.2, 0) is 0 Å². The fourth-order valence-electron chi connectivity index (χ4n) is 4.12. The molecule has 0 amide bonds. The molecule has 7 nitrogen and oxygen atoms in total. The first-order chi connectivity index (χ1) is 17.2. The topological polar surface area (TPSA) is 88.8 Å². The number of carbonyl (C=O) groups is 1. The molecule has 5 rings (SSSR count). The minimum atomic E-state index is -0.927. The summed E-state index contributed by atoms with van der Waals surface area (Å²) in [7, 11) is 0. The summed E-state index contributed by atoms with van der Waals surface area (Å²) in [5.41, 5.74) is 3.69. The van der Waals surface area contributed by atoms with E-state index in [2.05, 4.69) is 10.3 Å². The highest BCUT2D eigenvalue weighted by Crippen LogP contribution is 2.35. The van der Waals surface area contributed by atoms with Crippen molar-refractivity contribution in [3.05, 3.63) is 70.9 Å². The van der Waals surface area contributed by atoms with Crippen molar-refractivity contribution in [3.63, 3.8) is 0 Å². The number of ketones is 1. The number of hydrogen-bond donors (Lipinski definition) is 2. The van der Waals surface area contributed by atoms with Crippen LogP contribution in [0.3, 0.4) is 0 Å². The SMILES string of the molecule is Cc1cc(-c2cnc3c(NCC(C)(C)O)cc(Oc4cccc(Cl)c4)nn23)ccc1C(=O)CC1CC1. The number of rotatable bonds is 9. The molecule has 1 aliphatic carbocycles. The normalized spacial score (nSPS) is 13.7. The van der Waals surface area contributed by atoms with E-state index in [1.807, 2.05) is 25.1 Å². The lowest BCUT2D eigenvalue weighted by atomic mass is 9.98. The standard InChI is InChI=1S/C28H29ClN4O3/c1-17-11-19(9-10-22(17)25(34)12-18-7-8-18)24-15-30-27-23(31-16-28(2,3)35)14-26(32-33(24)27)36-21-6-4-5-20(29)13-21/h4-6,9-11,13-15,18,31,35H,7-8,12,16H2,1-3H3. The Hall–Kier alpha value is -3.42. The summed E-state index contributed by atoms with van der Waals surface area (Å²) in [6, 6.07) is 14.7. The van der Waals surface area contributed by atoms with Gasteiger partial charge in [-0.2, -0.15) is 0 Å². The van der Waals surface area contributed by atoms with Gasteiger partial charge in [-0.05, 0) is 69.4 Å².